The van der Waals surface area contributed by atoms with Gasteiger partial charge in [0, 0.05) is 31.3 Å². The number of benzene rings is 1. The van der Waals surface area contributed by atoms with E-state index in [0.717, 1.165) is 13.1 Å². The highest BCUT2D eigenvalue weighted by atomic mass is 16.5. The van der Waals surface area contributed by atoms with E-state index in [2.05, 4.69) is 9.89 Å². The Morgan fingerprint density at radius 3 is 2.23 bits per heavy atom. The summed E-state index contributed by atoms with van der Waals surface area (Å²) in [6.07, 6.45) is 3.66. The molecule has 1 aliphatic rings. The SMILES string of the molecule is COc1cc(OC)cc(OCCN=C(N)N2CCCCC2)c1. The zero-order valence-electron chi connectivity index (χ0n) is 13.4. The summed E-state index contributed by atoms with van der Waals surface area (Å²) >= 11 is 0. The summed E-state index contributed by atoms with van der Waals surface area (Å²) in [5, 5.41) is 0. The molecule has 1 saturated heterocycles. The lowest BCUT2D eigenvalue weighted by molar-refractivity contribution is 0.315. The quantitative estimate of drug-likeness (QED) is 0.494. The number of nitrogens with zero attached hydrogens (tertiary/aromatic N) is 2. The van der Waals surface area contributed by atoms with E-state index in [9.17, 15) is 0 Å². The van der Waals surface area contributed by atoms with Crippen molar-refractivity contribution in [1.29, 1.82) is 0 Å². The minimum atomic E-state index is 0.463. The molecule has 0 aliphatic carbocycles. The molecule has 0 saturated carbocycles. The van der Waals surface area contributed by atoms with E-state index in [1.165, 1.54) is 19.3 Å². The van der Waals surface area contributed by atoms with Gasteiger partial charge in [-0.3, -0.25) is 0 Å². The van der Waals surface area contributed by atoms with Gasteiger partial charge in [-0.2, -0.15) is 0 Å². The number of rotatable bonds is 6. The van der Waals surface area contributed by atoms with Crippen molar-refractivity contribution >= 4 is 5.96 Å². The minimum absolute atomic E-state index is 0.463. The Bertz CT molecular complexity index is 477. The number of hydrogen-bond acceptors (Lipinski definition) is 4. The highest BCUT2D eigenvalue weighted by molar-refractivity contribution is 5.78. The molecule has 1 fully saturated rings. The van der Waals surface area contributed by atoms with Gasteiger partial charge >= 0.3 is 0 Å². The van der Waals surface area contributed by atoms with Crippen LogP contribution in [0.5, 0.6) is 17.2 Å². The van der Waals surface area contributed by atoms with Crippen molar-refractivity contribution in [1.82, 2.24) is 4.90 Å². The first-order valence-electron chi connectivity index (χ1n) is 7.63. The molecule has 2 rings (SSSR count). The number of methoxy groups -OCH3 is 2. The maximum atomic E-state index is 6.00. The van der Waals surface area contributed by atoms with Gasteiger partial charge in [0.05, 0.1) is 20.8 Å². The van der Waals surface area contributed by atoms with Gasteiger partial charge < -0.3 is 24.8 Å². The van der Waals surface area contributed by atoms with Crippen LogP contribution in [0.15, 0.2) is 23.2 Å². The molecule has 1 heterocycles. The van der Waals surface area contributed by atoms with E-state index in [1.807, 2.05) is 12.1 Å². The molecule has 0 bridgehead atoms. The van der Waals surface area contributed by atoms with Crippen LogP contribution in [0.2, 0.25) is 0 Å². The number of nitrogens with two attached hydrogens (primary N) is 1. The summed E-state index contributed by atoms with van der Waals surface area (Å²) in [6, 6.07) is 5.44. The van der Waals surface area contributed by atoms with E-state index in [-0.39, 0.29) is 0 Å². The van der Waals surface area contributed by atoms with E-state index >= 15 is 0 Å². The van der Waals surface area contributed by atoms with Gasteiger partial charge in [0.2, 0.25) is 0 Å². The predicted molar refractivity (Wildman–Crippen MR) is 87.0 cm³/mol. The molecule has 2 N–H and O–H groups in total. The van der Waals surface area contributed by atoms with E-state index in [4.69, 9.17) is 19.9 Å². The number of guanidine groups is 1. The van der Waals surface area contributed by atoms with E-state index < -0.39 is 0 Å². The summed E-state index contributed by atoms with van der Waals surface area (Å²) in [5.74, 6) is 2.71. The zero-order valence-corrected chi connectivity index (χ0v) is 13.4. The first kappa shape index (κ1) is 16.3. The second kappa shape index (κ2) is 8.36. The summed E-state index contributed by atoms with van der Waals surface area (Å²) in [4.78, 5) is 6.52. The monoisotopic (exact) mass is 307 g/mol. The number of piperidine rings is 1. The Balaban J connectivity index is 1.82. The van der Waals surface area contributed by atoms with Crippen LogP contribution >= 0.6 is 0 Å². The van der Waals surface area contributed by atoms with Crippen LogP contribution in [0.4, 0.5) is 0 Å². The maximum Gasteiger partial charge on any atom is 0.191 e. The standard InChI is InChI=1S/C16H25N3O3/c1-20-13-10-14(21-2)12-15(11-13)22-9-6-18-16(17)19-7-4-3-5-8-19/h10-12H,3-9H2,1-2H3,(H2,17,18). The topological polar surface area (TPSA) is 69.3 Å². The first-order valence-corrected chi connectivity index (χ1v) is 7.63. The molecule has 6 nitrogen and oxygen atoms in total. The molecule has 1 aliphatic heterocycles. The smallest absolute Gasteiger partial charge is 0.191 e. The van der Waals surface area contributed by atoms with Crippen LogP contribution in [-0.4, -0.2) is 51.3 Å². The largest absolute Gasteiger partial charge is 0.496 e. The molecular weight excluding hydrogens is 282 g/mol. The molecule has 0 atom stereocenters. The Morgan fingerprint density at radius 1 is 1.05 bits per heavy atom. The van der Waals surface area contributed by atoms with Crippen molar-refractivity contribution in [3.8, 4) is 17.2 Å². The van der Waals surface area contributed by atoms with Gasteiger partial charge in [0.25, 0.3) is 0 Å². The van der Waals surface area contributed by atoms with Crippen LogP contribution in [0.25, 0.3) is 0 Å². The van der Waals surface area contributed by atoms with Gasteiger partial charge in [-0.15, -0.1) is 0 Å². The van der Waals surface area contributed by atoms with Crippen molar-refractivity contribution in [2.24, 2.45) is 10.7 Å². The van der Waals surface area contributed by atoms with E-state index in [1.54, 1.807) is 20.3 Å². The molecule has 1 aromatic rings. The summed E-state index contributed by atoms with van der Waals surface area (Å²) < 4.78 is 16.1. The Morgan fingerprint density at radius 2 is 1.64 bits per heavy atom. The summed E-state index contributed by atoms with van der Waals surface area (Å²) in [7, 11) is 3.23. The lowest BCUT2D eigenvalue weighted by Crippen LogP contribution is -2.41. The molecule has 0 unspecified atom stereocenters. The van der Waals surface area contributed by atoms with Crippen molar-refractivity contribution in [3.05, 3.63) is 18.2 Å². The predicted octanol–water partition coefficient (Wildman–Crippen LogP) is 1.88. The Labute approximate surface area is 131 Å². The third-order valence-corrected chi connectivity index (χ3v) is 3.64. The number of hydrogen-bond donors (Lipinski definition) is 1. The summed E-state index contributed by atoms with van der Waals surface area (Å²) in [6.45, 7) is 3.00. The summed E-state index contributed by atoms with van der Waals surface area (Å²) in [5.41, 5.74) is 6.00. The van der Waals surface area contributed by atoms with Gasteiger partial charge in [-0.05, 0) is 19.3 Å². The average Bonchev–Trinajstić information content (AvgIpc) is 2.58. The van der Waals surface area contributed by atoms with E-state index in [0.29, 0.717) is 36.4 Å². The van der Waals surface area contributed by atoms with Crippen LogP contribution in [0, 0.1) is 0 Å². The minimum Gasteiger partial charge on any atom is -0.496 e. The molecule has 1 aromatic carbocycles. The van der Waals surface area contributed by atoms with Gasteiger partial charge in [0.15, 0.2) is 5.96 Å². The van der Waals surface area contributed by atoms with Gasteiger partial charge in [-0.25, -0.2) is 4.99 Å². The Hall–Kier alpha value is -2.11. The van der Waals surface area contributed by atoms with Crippen molar-refractivity contribution in [2.75, 3.05) is 40.5 Å². The highest BCUT2D eigenvalue weighted by Crippen LogP contribution is 2.27. The second-order valence-electron chi connectivity index (χ2n) is 5.18. The maximum absolute atomic E-state index is 6.00. The molecule has 22 heavy (non-hydrogen) atoms. The van der Waals surface area contributed by atoms with Crippen LogP contribution in [-0.2, 0) is 0 Å². The van der Waals surface area contributed by atoms with Crippen LogP contribution < -0.4 is 19.9 Å². The average molecular weight is 307 g/mol. The lowest BCUT2D eigenvalue weighted by atomic mass is 10.1. The van der Waals surface area contributed by atoms with Crippen LogP contribution in [0.3, 0.4) is 0 Å². The van der Waals surface area contributed by atoms with Gasteiger partial charge in [0.1, 0.15) is 23.9 Å². The fourth-order valence-corrected chi connectivity index (χ4v) is 2.41. The molecule has 0 spiro atoms. The molecule has 122 valence electrons. The third kappa shape index (κ3) is 4.72. The van der Waals surface area contributed by atoms with Crippen LogP contribution in [0.1, 0.15) is 19.3 Å². The molecule has 0 amide bonds. The number of ether oxygens (including phenoxy) is 3. The van der Waals surface area contributed by atoms with Gasteiger partial charge in [-0.1, -0.05) is 0 Å². The zero-order chi connectivity index (χ0) is 15.8. The number of aliphatic imine (C=N–C) groups is 1. The number of likely N-dealkylation sites (tertiary alicyclic amines) is 1. The second-order valence-corrected chi connectivity index (χ2v) is 5.18. The Kier molecular flexibility index (Phi) is 6.18. The van der Waals surface area contributed by atoms with Crippen molar-refractivity contribution < 1.29 is 14.2 Å². The molecule has 0 radical (unpaired) electrons. The third-order valence-electron chi connectivity index (χ3n) is 3.64. The normalized spacial score (nSPS) is 15.5. The lowest BCUT2D eigenvalue weighted by Gasteiger charge is -2.27. The fourth-order valence-electron chi connectivity index (χ4n) is 2.41. The fraction of sp³-hybridized carbons (Fsp3) is 0.562. The molecule has 0 aromatic heterocycles. The molecule has 6 heteroatoms. The van der Waals surface area contributed by atoms with Crippen molar-refractivity contribution in [3.63, 3.8) is 0 Å². The molecular formula is C16H25N3O3. The van der Waals surface area contributed by atoms with Crippen molar-refractivity contribution in [2.45, 2.75) is 19.3 Å². The first-order chi connectivity index (χ1) is 10.7. The highest BCUT2D eigenvalue weighted by Gasteiger charge is 2.11.